The van der Waals surface area contributed by atoms with Crippen molar-refractivity contribution in [3.05, 3.63) is 34.9 Å². The molecule has 0 N–H and O–H groups in total. The molecule has 0 saturated carbocycles. The summed E-state index contributed by atoms with van der Waals surface area (Å²) in [5.41, 5.74) is 3.87. The van der Waals surface area contributed by atoms with Crippen LogP contribution in [0.5, 0.6) is 0 Å². The molecule has 1 atom stereocenters. The van der Waals surface area contributed by atoms with E-state index in [4.69, 9.17) is 0 Å². The molecule has 0 saturated heterocycles. The molecule has 1 aromatic rings. The van der Waals surface area contributed by atoms with Crippen LogP contribution in [0.2, 0.25) is 0 Å². The Balaban J connectivity index is 2.49. The lowest BCUT2D eigenvalue weighted by atomic mass is 10.0. The minimum atomic E-state index is 0.167. The van der Waals surface area contributed by atoms with Gasteiger partial charge >= 0.3 is 0 Å². The molecule has 1 unspecified atom stereocenters. The van der Waals surface area contributed by atoms with E-state index < -0.39 is 0 Å². The third kappa shape index (κ3) is 1.06. The maximum Gasteiger partial charge on any atom is 0.127 e. The van der Waals surface area contributed by atoms with Crippen LogP contribution < -0.4 is 0 Å². The maximum absolute atomic E-state index is 10.7. The van der Waals surface area contributed by atoms with E-state index in [1.165, 1.54) is 16.7 Å². The Morgan fingerprint density at radius 2 is 2.33 bits per heavy atom. The van der Waals surface area contributed by atoms with Crippen LogP contribution in [0.4, 0.5) is 0 Å². The van der Waals surface area contributed by atoms with Crippen molar-refractivity contribution in [2.24, 2.45) is 0 Å². The standard InChI is InChI=1S/C11H12O/c1-8-2-3-9-4-5-10(7-12)11(9)6-8/h2-3,6-7,10H,4-5H2,1H3. The molecule has 1 aliphatic rings. The van der Waals surface area contributed by atoms with Gasteiger partial charge in [-0.1, -0.05) is 23.8 Å². The lowest BCUT2D eigenvalue weighted by Crippen LogP contribution is -1.93. The zero-order chi connectivity index (χ0) is 8.55. The number of aryl methyl sites for hydroxylation is 2. The summed E-state index contributed by atoms with van der Waals surface area (Å²) in [7, 11) is 0. The first-order chi connectivity index (χ1) is 5.81. The summed E-state index contributed by atoms with van der Waals surface area (Å²) < 4.78 is 0. The molecule has 0 aromatic heterocycles. The third-order valence-corrected chi connectivity index (χ3v) is 2.59. The number of aldehydes is 1. The number of carbonyl (C=O) groups is 1. The lowest BCUT2D eigenvalue weighted by Gasteiger charge is -2.03. The van der Waals surface area contributed by atoms with Gasteiger partial charge in [-0.2, -0.15) is 0 Å². The summed E-state index contributed by atoms with van der Waals surface area (Å²) in [6.45, 7) is 2.07. The van der Waals surface area contributed by atoms with E-state index in [2.05, 4.69) is 25.1 Å². The Hall–Kier alpha value is -1.11. The minimum Gasteiger partial charge on any atom is -0.303 e. The second-order valence-electron chi connectivity index (χ2n) is 3.48. The quantitative estimate of drug-likeness (QED) is 0.576. The SMILES string of the molecule is Cc1ccc2c(c1)C(C=O)CC2. The molecule has 62 valence electrons. The van der Waals surface area contributed by atoms with Gasteiger partial charge in [-0.05, 0) is 30.9 Å². The third-order valence-electron chi connectivity index (χ3n) is 2.59. The molecule has 12 heavy (non-hydrogen) atoms. The molecule has 0 aliphatic heterocycles. The van der Waals surface area contributed by atoms with Gasteiger partial charge in [0.2, 0.25) is 0 Å². The highest BCUT2D eigenvalue weighted by atomic mass is 16.1. The van der Waals surface area contributed by atoms with Crippen molar-refractivity contribution >= 4 is 6.29 Å². The molecular weight excluding hydrogens is 148 g/mol. The molecule has 1 aliphatic carbocycles. The van der Waals surface area contributed by atoms with Gasteiger partial charge in [0.15, 0.2) is 0 Å². The van der Waals surface area contributed by atoms with Crippen molar-refractivity contribution in [2.45, 2.75) is 25.7 Å². The van der Waals surface area contributed by atoms with E-state index in [9.17, 15) is 4.79 Å². The molecule has 0 fully saturated rings. The van der Waals surface area contributed by atoms with E-state index in [1.807, 2.05) is 0 Å². The summed E-state index contributed by atoms with van der Waals surface area (Å²) in [4.78, 5) is 10.7. The molecule has 1 aromatic carbocycles. The monoisotopic (exact) mass is 160 g/mol. The van der Waals surface area contributed by atoms with E-state index in [0.717, 1.165) is 19.1 Å². The summed E-state index contributed by atoms with van der Waals surface area (Å²) in [5.74, 6) is 0.167. The van der Waals surface area contributed by atoms with Crippen LogP contribution in [0, 0.1) is 6.92 Å². The molecule has 0 bridgehead atoms. The molecule has 0 spiro atoms. The Labute approximate surface area is 72.4 Å². The molecule has 0 heterocycles. The first-order valence-electron chi connectivity index (χ1n) is 4.36. The van der Waals surface area contributed by atoms with Crippen molar-refractivity contribution in [3.8, 4) is 0 Å². The highest BCUT2D eigenvalue weighted by molar-refractivity contribution is 5.65. The van der Waals surface area contributed by atoms with Crippen LogP contribution >= 0.6 is 0 Å². The van der Waals surface area contributed by atoms with Gasteiger partial charge in [-0.15, -0.1) is 0 Å². The average Bonchev–Trinajstić information content (AvgIpc) is 2.46. The van der Waals surface area contributed by atoms with Crippen molar-refractivity contribution in [2.75, 3.05) is 0 Å². The van der Waals surface area contributed by atoms with Gasteiger partial charge in [0.25, 0.3) is 0 Å². The zero-order valence-corrected chi connectivity index (χ0v) is 7.21. The summed E-state index contributed by atoms with van der Waals surface area (Å²) in [6, 6.07) is 6.40. The summed E-state index contributed by atoms with van der Waals surface area (Å²) in [5, 5.41) is 0. The number of hydrogen-bond acceptors (Lipinski definition) is 1. The van der Waals surface area contributed by atoms with Gasteiger partial charge in [0, 0.05) is 5.92 Å². The first kappa shape index (κ1) is 7.53. The number of fused-ring (bicyclic) bond motifs is 1. The fourth-order valence-corrected chi connectivity index (χ4v) is 1.90. The molecule has 1 heteroatoms. The van der Waals surface area contributed by atoms with Crippen molar-refractivity contribution in [1.29, 1.82) is 0 Å². The number of hydrogen-bond donors (Lipinski definition) is 0. The van der Waals surface area contributed by atoms with Crippen LogP contribution in [-0.2, 0) is 11.2 Å². The lowest BCUT2D eigenvalue weighted by molar-refractivity contribution is -0.109. The van der Waals surface area contributed by atoms with Gasteiger partial charge in [-0.25, -0.2) is 0 Å². The highest BCUT2D eigenvalue weighted by Gasteiger charge is 2.21. The van der Waals surface area contributed by atoms with Gasteiger partial charge in [-0.3, -0.25) is 0 Å². The average molecular weight is 160 g/mol. The predicted octanol–water partition coefficient (Wildman–Crippen LogP) is 2.22. The van der Waals surface area contributed by atoms with E-state index in [-0.39, 0.29) is 5.92 Å². The summed E-state index contributed by atoms with van der Waals surface area (Å²) in [6.07, 6.45) is 3.15. The zero-order valence-electron chi connectivity index (χ0n) is 7.21. The Kier molecular flexibility index (Phi) is 1.72. The van der Waals surface area contributed by atoms with Crippen LogP contribution in [0.1, 0.15) is 29.0 Å². The second-order valence-corrected chi connectivity index (χ2v) is 3.48. The largest absolute Gasteiger partial charge is 0.303 e. The topological polar surface area (TPSA) is 17.1 Å². The fraction of sp³-hybridized carbons (Fsp3) is 0.364. The molecule has 0 radical (unpaired) electrons. The smallest absolute Gasteiger partial charge is 0.127 e. The van der Waals surface area contributed by atoms with Crippen LogP contribution in [0.15, 0.2) is 18.2 Å². The molecule has 1 nitrogen and oxygen atoms in total. The number of rotatable bonds is 1. The van der Waals surface area contributed by atoms with Gasteiger partial charge in [0.1, 0.15) is 6.29 Å². The van der Waals surface area contributed by atoms with Crippen LogP contribution in [0.25, 0.3) is 0 Å². The first-order valence-corrected chi connectivity index (χ1v) is 4.36. The van der Waals surface area contributed by atoms with Crippen molar-refractivity contribution < 1.29 is 4.79 Å². The number of carbonyl (C=O) groups excluding carboxylic acids is 1. The molecule has 2 rings (SSSR count). The fourth-order valence-electron chi connectivity index (χ4n) is 1.90. The Morgan fingerprint density at radius 3 is 3.08 bits per heavy atom. The van der Waals surface area contributed by atoms with Crippen molar-refractivity contribution in [1.82, 2.24) is 0 Å². The van der Waals surface area contributed by atoms with Crippen LogP contribution in [-0.4, -0.2) is 6.29 Å². The Morgan fingerprint density at radius 1 is 1.50 bits per heavy atom. The number of benzene rings is 1. The van der Waals surface area contributed by atoms with Gasteiger partial charge in [0.05, 0.1) is 0 Å². The van der Waals surface area contributed by atoms with Crippen molar-refractivity contribution in [3.63, 3.8) is 0 Å². The van der Waals surface area contributed by atoms with E-state index in [1.54, 1.807) is 0 Å². The maximum atomic E-state index is 10.7. The van der Waals surface area contributed by atoms with E-state index >= 15 is 0 Å². The Bertz CT molecular complexity index is 315. The predicted molar refractivity (Wildman–Crippen MR) is 48.3 cm³/mol. The second kappa shape index (κ2) is 2.74. The van der Waals surface area contributed by atoms with E-state index in [0.29, 0.717) is 0 Å². The van der Waals surface area contributed by atoms with Crippen LogP contribution in [0.3, 0.4) is 0 Å². The molecular formula is C11H12O. The normalized spacial score (nSPS) is 20.6. The highest BCUT2D eigenvalue weighted by Crippen LogP contribution is 2.31. The van der Waals surface area contributed by atoms with Gasteiger partial charge < -0.3 is 4.79 Å². The minimum absolute atomic E-state index is 0.167. The summed E-state index contributed by atoms with van der Waals surface area (Å²) >= 11 is 0. The molecule has 0 amide bonds.